The van der Waals surface area contributed by atoms with Crippen molar-refractivity contribution in [3.63, 3.8) is 0 Å². The zero-order chi connectivity index (χ0) is 12.2. The van der Waals surface area contributed by atoms with E-state index in [1.165, 1.54) is 26.1 Å². The van der Waals surface area contributed by atoms with Gasteiger partial charge in [-0.05, 0) is 81.7 Å². The molecule has 5 fully saturated rings. The normalized spacial score (nSPS) is 52.5. The third-order valence-corrected chi connectivity index (χ3v) is 6.51. The molecular weight excluding hydrogens is 220 g/mol. The minimum absolute atomic E-state index is 0.708. The third-order valence-electron chi connectivity index (χ3n) is 6.51. The summed E-state index contributed by atoms with van der Waals surface area (Å²) in [6.07, 6.45) is 10.8. The highest BCUT2D eigenvalue weighted by Crippen LogP contribution is 2.61. The summed E-state index contributed by atoms with van der Waals surface area (Å²) in [6, 6.07) is 0.829. The van der Waals surface area contributed by atoms with Crippen LogP contribution in [0.2, 0.25) is 0 Å². The summed E-state index contributed by atoms with van der Waals surface area (Å²) >= 11 is 0. The van der Waals surface area contributed by atoms with E-state index in [0.29, 0.717) is 5.41 Å². The molecule has 1 aliphatic heterocycles. The van der Waals surface area contributed by atoms with Gasteiger partial charge in [-0.25, -0.2) is 0 Å². The Labute approximate surface area is 111 Å². The second-order valence-corrected chi connectivity index (χ2v) is 7.88. The van der Waals surface area contributed by atoms with Gasteiger partial charge >= 0.3 is 0 Å². The molecule has 5 rings (SSSR count). The molecule has 4 bridgehead atoms. The van der Waals surface area contributed by atoms with Crippen molar-refractivity contribution in [3.8, 4) is 0 Å². The van der Waals surface area contributed by atoms with Crippen molar-refractivity contribution in [3.05, 3.63) is 0 Å². The Bertz CT molecular complexity index is 290. The molecule has 1 saturated heterocycles. The molecule has 4 aliphatic carbocycles. The fraction of sp³-hybridized carbons (Fsp3) is 1.00. The second kappa shape index (κ2) is 4.21. The molecule has 4 saturated carbocycles. The number of hydrogen-bond donors (Lipinski definition) is 1. The molecule has 5 aliphatic rings. The molecule has 2 nitrogen and oxygen atoms in total. The summed E-state index contributed by atoms with van der Waals surface area (Å²) in [5, 5.41) is 3.93. The van der Waals surface area contributed by atoms with Crippen molar-refractivity contribution < 1.29 is 0 Å². The minimum atomic E-state index is 0.708. The average molecular weight is 248 g/mol. The van der Waals surface area contributed by atoms with E-state index in [1.54, 1.807) is 38.5 Å². The van der Waals surface area contributed by atoms with Crippen LogP contribution >= 0.6 is 0 Å². The first-order chi connectivity index (χ1) is 8.73. The Morgan fingerprint density at radius 2 is 1.56 bits per heavy atom. The lowest BCUT2D eigenvalue weighted by Gasteiger charge is -2.59. The summed E-state index contributed by atoms with van der Waals surface area (Å²) in [6.45, 7) is 3.76. The van der Waals surface area contributed by atoms with Gasteiger partial charge < -0.3 is 10.2 Å². The lowest BCUT2D eigenvalue weighted by molar-refractivity contribution is -0.0741. The largest absolute Gasteiger partial charge is 0.312 e. The molecule has 0 aromatic rings. The van der Waals surface area contributed by atoms with Crippen molar-refractivity contribution >= 4 is 0 Å². The monoisotopic (exact) mass is 248 g/mol. The van der Waals surface area contributed by atoms with Gasteiger partial charge in [0.15, 0.2) is 0 Å². The average Bonchev–Trinajstić information content (AvgIpc) is 2.52. The first kappa shape index (κ1) is 11.7. The van der Waals surface area contributed by atoms with Crippen LogP contribution < -0.4 is 5.32 Å². The van der Waals surface area contributed by atoms with Crippen LogP contribution in [0.15, 0.2) is 0 Å². The lowest BCUT2D eigenvalue weighted by Crippen LogP contribution is -2.56. The molecule has 18 heavy (non-hydrogen) atoms. The van der Waals surface area contributed by atoms with Crippen LogP contribution in [0.1, 0.15) is 44.9 Å². The van der Waals surface area contributed by atoms with Gasteiger partial charge in [-0.1, -0.05) is 0 Å². The number of hydrogen-bond acceptors (Lipinski definition) is 2. The third kappa shape index (κ3) is 1.84. The second-order valence-electron chi connectivity index (χ2n) is 7.88. The highest BCUT2D eigenvalue weighted by Gasteiger charge is 2.53. The molecule has 0 spiro atoms. The van der Waals surface area contributed by atoms with Crippen LogP contribution in [-0.2, 0) is 0 Å². The predicted octanol–water partition coefficient (Wildman–Crippen LogP) is 2.50. The number of nitrogens with zero attached hydrogens (tertiary/aromatic N) is 1. The maximum atomic E-state index is 3.93. The summed E-state index contributed by atoms with van der Waals surface area (Å²) in [4.78, 5) is 2.51. The van der Waals surface area contributed by atoms with E-state index in [1.807, 2.05) is 0 Å². The van der Waals surface area contributed by atoms with Crippen molar-refractivity contribution in [2.45, 2.75) is 51.0 Å². The van der Waals surface area contributed by atoms with Gasteiger partial charge in [-0.15, -0.1) is 0 Å². The molecule has 102 valence electrons. The van der Waals surface area contributed by atoms with Crippen LogP contribution in [0.25, 0.3) is 0 Å². The summed E-state index contributed by atoms with van der Waals surface area (Å²) < 4.78 is 0. The maximum absolute atomic E-state index is 3.93. The van der Waals surface area contributed by atoms with Crippen molar-refractivity contribution in [2.24, 2.45) is 23.2 Å². The van der Waals surface area contributed by atoms with Gasteiger partial charge in [0, 0.05) is 19.1 Å². The SMILES string of the molecule is CN1CCNC(C23CC4CC(CC(C4)C2)C3)CC1. The fourth-order valence-electron chi connectivity index (χ4n) is 6.12. The molecular formula is C16H28N2. The fourth-order valence-corrected chi connectivity index (χ4v) is 6.12. The Kier molecular flexibility index (Phi) is 2.74. The van der Waals surface area contributed by atoms with Crippen molar-refractivity contribution in [1.82, 2.24) is 10.2 Å². The van der Waals surface area contributed by atoms with Crippen LogP contribution in [-0.4, -0.2) is 37.6 Å². The number of rotatable bonds is 1. The smallest absolute Gasteiger partial charge is 0.0136 e. The summed E-state index contributed by atoms with van der Waals surface area (Å²) in [7, 11) is 2.28. The van der Waals surface area contributed by atoms with E-state index >= 15 is 0 Å². The predicted molar refractivity (Wildman–Crippen MR) is 74.5 cm³/mol. The number of nitrogens with one attached hydrogen (secondary N) is 1. The standard InChI is InChI=1S/C16H28N2/c1-18-4-2-15(17-3-5-18)16-9-12-6-13(10-16)8-14(7-12)11-16/h12-15,17H,2-11H2,1H3. The van der Waals surface area contributed by atoms with Crippen molar-refractivity contribution in [2.75, 3.05) is 26.7 Å². The van der Waals surface area contributed by atoms with Gasteiger partial charge in [-0.3, -0.25) is 0 Å². The van der Waals surface area contributed by atoms with E-state index in [9.17, 15) is 0 Å². The number of likely N-dealkylation sites (N-methyl/N-ethyl adjacent to an activating group) is 1. The van der Waals surface area contributed by atoms with E-state index in [2.05, 4.69) is 17.3 Å². The highest BCUT2D eigenvalue weighted by atomic mass is 15.1. The quantitative estimate of drug-likeness (QED) is 0.767. The van der Waals surface area contributed by atoms with E-state index in [0.717, 1.165) is 23.8 Å². The Morgan fingerprint density at radius 1 is 0.944 bits per heavy atom. The Morgan fingerprint density at radius 3 is 2.17 bits per heavy atom. The first-order valence-electron chi connectivity index (χ1n) is 8.15. The van der Waals surface area contributed by atoms with Crippen molar-refractivity contribution in [1.29, 1.82) is 0 Å². The molecule has 0 aromatic heterocycles. The van der Waals surface area contributed by atoms with Crippen LogP contribution in [0.5, 0.6) is 0 Å². The molecule has 1 heterocycles. The molecule has 1 atom stereocenters. The van der Waals surface area contributed by atoms with Crippen LogP contribution in [0.4, 0.5) is 0 Å². The molecule has 1 unspecified atom stereocenters. The molecule has 0 radical (unpaired) electrons. The van der Waals surface area contributed by atoms with E-state index < -0.39 is 0 Å². The Balaban J connectivity index is 1.55. The zero-order valence-corrected chi connectivity index (χ0v) is 11.8. The van der Waals surface area contributed by atoms with Crippen LogP contribution in [0, 0.1) is 23.2 Å². The van der Waals surface area contributed by atoms with Gasteiger partial charge in [-0.2, -0.15) is 0 Å². The molecule has 0 aromatic carbocycles. The molecule has 2 heteroatoms. The highest BCUT2D eigenvalue weighted by molar-refractivity contribution is 5.06. The van der Waals surface area contributed by atoms with E-state index in [4.69, 9.17) is 0 Å². The van der Waals surface area contributed by atoms with Crippen LogP contribution in [0.3, 0.4) is 0 Å². The zero-order valence-electron chi connectivity index (χ0n) is 11.8. The van der Waals surface area contributed by atoms with Gasteiger partial charge in [0.05, 0.1) is 0 Å². The van der Waals surface area contributed by atoms with Gasteiger partial charge in [0.1, 0.15) is 0 Å². The van der Waals surface area contributed by atoms with Gasteiger partial charge in [0.25, 0.3) is 0 Å². The summed E-state index contributed by atoms with van der Waals surface area (Å²) in [5.74, 6) is 3.29. The van der Waals surface area contributed by atoms with E-state index in [-0.39, 0.29) is 0 Å². The lowest BCUT2D eigenvalue weighted by atomic mass is 9.47. The maximum Gasteiger partial charge on any atom is 0.0136 e. The summed E-state index contributed by atoms with van der Waals surface area (Å²) in [5.41, 5.74) is 0.708. The molecule has 0 amide bonds. The Hall–Kier alpha value is -0.0800. The first-order valence-corrected chi connectivity index (χ1v) is 8.15. The molecule has 1 N–H and O–H groups in total. The van der Waals surface area contributed by atoms with Gasteiger partial charge in [0.2, 0.25) is 0 Å². The minimum Gasteiger partial charge on any atom is -0.312 e. The topological polar surface area (TPSA) is 15.3 Å².